The molecule has 0 N–H and O–H groups in total. The van der Waals surface area contributed by atoms with Gasteiger partial charge in [0, 0.05) is 19.6 Å². The molecule has 0 unspecified atom stereocenters. The molecule has 0 aromatic heterocycles. The molecule has 4 rings (SSSR count). The number of nitrogens with zero attached hydrogens (tertiary/aromatic N) is 3. The van der Waals surface area contributed by atoms with E-state index in [1.165, 1.54) is 16.7 Å². The minimum Gasteiger partial charge on any atom is -0.272 e. The molecule has 0 spiro atoms. The van der Waals surface area contributed by atoms with Crippen LogP contribution in [0.5, 0.6) is 0 Å². The summed E-state index contributed by atoms with van der Waals surface area (Å²) in [5, 5.41) is 0. The van der Waals surface area contributed by atoms with Gasteiger partial charge in [-0.05, 0) is 56.7 Å². The fourth-order valence-corrected chi connectivity index (χ4v) is 5.34. The first-order valence-corrected chi connectivity index (χ1v) is 12.5. The van der Waals surface area contributed by atoms with Crippen molar-refractivity contribution in [3.63, 3.8) is 0 Å². The maximum atomic E-state index is 2.70. The molecule has 0 amide bonds. The Morgan fingerprint density at radius 3 is 0.909 bits per heavy atom. The summed E-state index contributed by atoms with van der Waals surface area (Å²) in [7, 11) is 0. The van der Waals surface area contributed by atoms with Crippen LogP contribution < -0.4 is 0 Å². The number of hydrogen-bond donors (Lipinski definition) is 0. The van der Waals surface area contributed by atoms with E-state index >= 15 is 0 Å². The van der Waals surface area contributed by atoms with E-state index in [1.807, 2.05) is 0 Å². The van der Waals surface area contributed by atoms with E-state index in [1.54, 1.807) is 0 Å². The summed E-state index contributed by atoms with van der Waals surface area (Å²) in [6.07, 6.45) is 4.50. The number of hydrogen-bond acceptors (Lipinski definition) is 3. The number of benzene rings is 3. The smallest absolute Gasteiger partial charge is 0.0620 e. The largest absolute Gasteiger partial charge is 0.272 e. The fraction of sp³-hybridized carbons (Fsp3) is 0.400. The lowest BCUT2D eigenvalue weighted by Crippen LogP contribution is -2.69. The molecular formula is C30H39N3. The third-order valence-electron chi connectivity index (χ3n) is 7.38. The predicted octanol–water partition coefficient (Wildman–Crippen LogP) is 5.67. The van der Waals surface area contributed by atoms with Crippen molar-refractivity contribution in [3.8, 4) is 0 Å². The summed E-state index contributed by atoms with van der Waals surface area (Å²) in [4.78, 5) is 8.09. The van der Waals surface area contributed by atoms with Gasteiger partial charge in [0.25, 0.3) is 0 Å². The van der Waals surface area contributed by atoms with Crippen LogP contribution in [-0.4, -0.2) is 52.8 Å². The zero-order chi connectivity index (χ0) is 23.0. The molecule has 0 radical (unpaired) electrons. The van der Waals surface area contributed by atoms with Crippen LogP contribution in [0.1, 0.15) is 37.5 Å². The highest BCUT2D eigenvalue weighted by Crippen LogP contribution is 2.27. The molecule has 174 valence electrons. The molecule has 0 atom stereocenters. The Hall–Kier alpha value is -2.46. The SMILES string of the molecule is CC1N(CCc2ccccc2)C(C)N(CCc2ccccc2)C(C)N1CCc1ccccc1. The third kappa shape index (κ3) is 6.11. The highest BCUT2D eigenvalue weighted by Gasteiger charge is 2.39. The van der Waals surface area contributed by atoms with E-state index in [2.05, 4.69) is 126 Å². The lowest BCUT2D eigenvalue weighted by Gasteiger charge is -2.56. The molecule has 0 bridgehead atoms. The third-order valence-corrected chi connectivity index (χ3v) is 7.38. The maximum Gasteiger partial charge on any atom is 0.0620 e. The van der Waals surface area contributed by atoms with E-state index in [9.17, 15) is 0 Å². The summed E-state index contributed by atoms with van der Waals surface area (Å²) in [6, 6.07) is 32.7. The summed E-state index contributed by atoms with van der Waals surface area (Å²) in [6.45, 7) is 10.4. The van der Waals surface area contributed by atoms with E-state index in [0.717, 1.165) is 38.9 Å². The molecule has 3 aromatic carbocycles. The molecule has 3 nitrogen and oxygen atoms in total. The Morgan fingerprint density at radius 2 is 0.667 bits per heavy atom. The first-order chi connectivity index (χ1) is 16.1. The first kappa shape index (κ1) is 23.7. The Labute approximate surface area is 200 Å². The summed E-state index contributed by atoms with van der Waals surface area (Å²) >= 11 is 0. The van der Waals surface area contributed by atoms with Gasteiger partial charge in [0.15, 0.2) is 0 Å². The minimum atomic E-state index is 0.412. The topological polar surface area (TPSA) is 9.72 Å². The quantitative estimate of drug-likeness (QED) is 0.423. The molecule has 3 heteroatoms. The van der Waals surface area contributed by atoms with Crippen LogP contribution in [0.4, 0.5) is 0 Å². The average Bonchev–Trinajstić information content (AvgIpc) is 2.86. The summed E-state index contributed by atoms with van der Waals surface area (Å²) in [5.74, 6) is 0. The van der Waals surface area contributed by atoms with Gasteiger partial charge in [0.1, 0.15) is 0 Å². The molecule has 0 saturated carbocycles. The van der Waals surface area contributed by atoms with Crippen molar-refractivity contribution in [2.24, 2.45) is 0 Å². The molecule has 1 fully saturated rings. The first-order valence-electron chi connectivity index (χ1n) is 12.5. The molecule has 1 aliphatic rings. The molecule has 1 saturated heterocycles. The second-order valence-corrected chi connectivity index (χ2v) is 9.32. The summed E-state index contributed by atoms with van der Waals surface area (Å²) in [5.41, 5.74) is 4.26. The predicted molar refractivity (Wildman–Crippen MR) is 139 cm³/mol. The summed E-state index contributed by atoms with van der Waals surface area (Å²) < 4.78 is 0. The molecule has 3 aromatic rings. The molecular weight excluding hydrogens is 402 g/mol. The van der Waals surface area contributed by atoms with Crippen molar-refractivity contribution in [1.82, 2.24) is 14.7 Å². The van der Waals surface area contributed by atoms with Gasteiger partial charge in [-0.2, -0.15) is 0 Å². The molecule has 33 heavy (non-hydrogen) atoms. The van der Waals surface area contributed by atoms with Gasteiger partial charge < -0.3 is 0 Å². The standard InChI is InChI=1S/C30H39N3/c1-25-31(22-19-28-13-7-4-8-14-28)26(2)33(24-21-30-17-11-6-12-18-30)27(3)32(25)23-20-29-15-9-5-10-16-29/h4-18,25-27H,19-24H2,1-3H3. The van der Waals surface area contributed by atoms with E-state index in [-0.39, 0.29) is 0 Å². The van der Waals surface area contributed by atoms with Crippen LogP contribution in [0.3, 0.4) is 0 Å². The van der Waals surface area contributed by atoms with Gasteiger partial charge in [-0.3, -0.25) is 14.7 Å². The van der Waals surface area contributed by atoms with Gasteiger partial charge in [-0.15, -0.1) is 0 Å². The molecule has 0 aliphatic carbocycles. The van der Waals surface area contributed by atoms with Crippen LogP contribution in [0, 0.1) is 0 Å². The van der Waals surface area contributed by atoms with Crippen LogP contribution >= 0.6 is 0 Å². The van der Waals surface area contributed by atoms with Crippen molar-refractivity contribution in [3.05, 3.63) is 108 Å². The van der Waals surface area contributed by atoms with Crippen LogP contribution in [0.2, 0.25) is 0 Å². The second kappa shape index (κ2) is 11.6. The minimum absolute atomic E-state index is 0.412. The highest BCUT2D eigenvalue weighted by atomic mass is 15.6. The Bertz CT molecular complexity index is 805. The Morgan fingerprint density at radius 1 is 0.424 bits per heavy atom. The van der Waals surface area contributed by atoms with Crippen molar-refractivity contribution in [1.29, 1.82) is 0 Å². The lowest BCUT2D eigenvalue weighted by atomic mass is 10.1. The van der Waals surface area contributed by atoms with Crippen molar-refractivity contribution in [2.75, 3.05) is 19.6 Å². The van der Waals surface area contributed by atoms with E-state index in [0.29, 0.717) is 18.5 Å². The van der Waals surface area contributed by atoms with Gasteiger partial charge >= 0.3 is 0 Å². The van der Waals surface area contributed by atoms with Crippen LogP contribution in [0.25, 0.3) is 0 Å². The van der Waals surface area contributed by atoms with Crippen LogP contribution in [0.15, 0.2) is 91.0 Å². The van der Waals surface area contributed by atoms with Crippen molar-refractivity contribution < 1.29 is 0 Å². The normalized spacial score (nSPS) is 22.5. The van der Waals surface area contributed by atoms with E-state index in [4.69, 9.17) is 0 Å². The zero-order valence-corrected chi connectivity index (χ0v) is 20.5. The monoisotopic (exact) mass is 441 g/mol. The van der Waals surface area contributed by atoms with E-state index < -0.39 is 0 Å². The Kier molecular flexibility index (Phi) is 8.33. The van der Waals surface area contributed by atoms with Crippen molar-refractivity contribution >= 4 is 0 Å². The lowest BCUT2D eigenvalue weighted by molar-refractivity contribution is -0.155. The Balaban J connectivity index is 1.49. The highest BCUT2D eigenvalue weighted by molar-refractivity contribution is 5.17. The molecule has 1 aliphatic heterocycles. The van der Waals surface area contributed by atoms with Gasteiger partial charge in [0.2, 0.25) is 0 Å². The average molecular weight is 442 g/mol. The fourth-order valence-electron chi connectivity index (χ4n) is 5.34. The van der Waals surface area contributed by atoms with Crippen molar-refractivity contribution in [2.45, 2.75) is 58.5 Å². The van der Waals surface area contributed by atoms with Gasteiger partial charge in [-0.1, -0.05) is 91.0 Å². The molecule has 1 heterocycles. The zero-order valence-electron chi connectivity index (χ0n) is 20.5. The number of rotatable bonds is 9. The maximum absolute atomic E-state index is 2.70. The second-order valence-electron chi connectivity index (χ2n) is 9.32. The van der Waals surface area contributed by atoms with Gasteiger partial charge in [0.05, 0.1) is 18.5 Å². The van der Waals surface area contributed by atoms with Crippen LogP contribution in [-0.2, 0) is 19.3 Å². The van der Waals surface area contributed by atoms with Gasteiger partial charge in [-0.25, -0.2) is 0 Å².